The third-order valence-corrected chi connectivity index (χ3v) is 11.9. The highest BCUT2D eigenvalue weighted by atomic mass is 16.6. The van der Waals surface area contributed by atoms with Crippen LogP contribution in [0.3, 0.4) is 0 Å². The van der Waals surface area contributed by atoms with Crippen molar-refractivity contribution in [2.24, 2.45) is 0 Å². The molecule has 0 N–H and O–H groups in total. The third kappa shape index (κ3) is 53.4. The number of esters is 3. The van der Waals surface area contributed by atoms with E-state index in [2.05, 4.69) is 106 Å². The van der Waals surface area contributed by atoms with Gasteiger partial charge in [-0.05, 0) is 77.0 Å². The fraction of sp³-hybridized carbons (Fsp3) is 0.721. The monoisotopic (exact) mass is 933 g/mol. The van der Waals surface area contributed by atoms with E-state index >= 15 is 0 Å². The van der Waals surface area contributed by atoms with Crippen molar-refractivity contribution in [1.29, 1.82) is 0 Å². The number of ether oxygens (including phenoxy) is 3. The van der Waals surface area contributed by atoms with Crippen LogP contribution < -0.4 is 0 Å². The number of hydrogen-bond acceptors (Lipinski definition) is 6. The Balaban J connectivity index is 4.22. The predicted octanol–water partition coefficient (Wildman–Crippen LogP) is 18.8. The van der Waals surface area contributed by atoms with Crippen molar-refractivity contribution >= 4 is 17.9 Å². The molecular formula is C61H104O6. The largest absolute Gasteiger partial charge is 0.462 e. The molecule has 0 saturated heterocycles. The first-order valence-electron chi connectivity index (χ1n) is 28.1. The maximum atomic E-state index is 12.8. The van der Waals surface area contributed by atoms with Crippen LogP contribution in [0.25, 0.3) is 0 Å². The Morgan fingerprint density at radius 1 is 0.313 bits per heavy atom. The van der Waals surface area contributed by atoms with Crippen molar-refractivity contribution in [2.45, 2.75) is 271 Å². The highest BCUT2D eigenvalue weighted by molar-refractivity contribution is 5.71. The van der Waals surface area contributed by atoms with Crippen LogP contribution in [0, 0.1) is 0 Å². The summed E-state index contributed by atoms with van der Waals surface area (Å²) in [5.74, 6) is -0.902. The van der Waals surface area contributed by atoms with Crippen molar-refractivity contribution < 1.29 is 28.6 Å². The van der Waals surface area contributed by atoms with Crippen molar-refractivity contribution in [3.05, 3.63) is 85.1 Å². The molecule has 1 unspecified atom stereocenters. The number of carbonyl (C=O) groups is 3. The summed E-state index contributed by atoms with van der Waals surface area (Å²) in [5.41, 5.74) is 0. The molecule has 0 aliphatic rings. The topological polar surface area (TPSA) is 78.9 Å². The van der Waals surface area contributed by atoms with Crippen LogP contribution in [0.2, 0.25) is 0 Å². The zero-order valence-electron chi connectivity index (χ0n) is 43.9. The Morgan fingerprint density at radius 2 is 0.582 bits per heavy atom. The van der Waals surface area contributed by atoms with Crippen molar-refractivity contribution in [2.75, 3.05) is 13.2 Å². The van der Waals surface area contributed by atoms with Gasteiger partial charge in [0.05, 0.1) is 0 Å². The van der Waals surface area contributed by atoms with Gasteiger partial charge in [0.1, 0.15) is 13.2 Å². The first-order chi connectivity index (χ1) is 33.0. The summed E-state index contributed by atoms with van der Waals surface area (Å²) in [4.78, 5) is 37.9. The summed E-state index contributed by atoms with van der Waals surface area (Å²) in [7, 11) is 0. The van der Waals surface area contributed by atoms with E-state index < -0.39 is 6.10 Å². The number of allylic oxidation sites excluding steroid dienone is 14. The minimum absolute atomic E-state index is 0.0803. The van der Waals surface area contributed by atoms with Crippen LogP contribution in [-0.4, -0.2) is 37.2 Å². The Bertz CT molecular complexity index is 1300. The SMILES string of the molecule is CC/C=C\C/C=C\C/C=C\C/C=C\C/C=C\C/C=C\C/C=C\CCCCCCCC(=O)OCC(COC(=O)CCCCCCCCC)OC(=O)CCCCCCCCCCCCCCCCC. The zero-order chi connectivity index (χ0) is 48.6. The van der Waals surface area contributed by atoms with E-state index in [9.17, 15) is 14.4 Å². The predicted molar refractivity (Wildman–Crippen MR) is 288 cm³/mol. The summed E-state index contributed by atoms with van der Waals surface area (Å²) in [6.07, 6.45) is 71.6. The summed E-state index contributed by atoms with van der Waals surface area (Å²) in [6, 6.07) is 0. The molecule has 0 aliphatic carbocycles. The van der Waals surface area contributed by atoms with Gasteiger partial charge in [-0.1, -0.05) is 254 Å². The minimum atomic E-state index is -0.779. The highest BCUT2D eigenvalue weighted by Crippen LogP contribution is 2.15. The molecule has 6 nitrogen and oxygen atoms in total. The molecule has 0 aliphatic heterocycles. The van der Waals surface area contributed by atoms with E-state index in [1.165, 1.54) is 103 Å². The van der Waals surface area contributed by atoms with Crippen LogP contribution in [0.5, 0.6) is 0 Å². The third-order valence-electron chi connectivity index (χ3n) is 11.9. The van der Waals surface area contributed by atoms with Crippen LogP contribution in [0.1, 0.15) is 265 Å². The molecule has 0 bridgehead atoms. The maximum Gasteiger partial charge on any atom is 0.306 e. The maximum absolute atomic E-state index is 12.8. The second-order valence-corrected chi connectivity index (χ2v) is 18.5. The van der Waals surface area contributed by atoms with Crippen LogP contribution in [0.15, 0.2) is 85.1 Å². The second kappa shape index (κ2) is 55.2. The summed E-state index contributed by atoms with van der Waals surface area (Å²) < 4.78 is 16.8. The average Bonchev–Trinajstić information content (AvgIpc) is 3.33. The Labute approximate surface area is 414 Å². The molecule has 0 heterocycles. The molecule has 0 fully saturated rings. The van der Waals surface area contributed by atoms with E-state index in [0.29, 0.717) is 19.3 Å². The smallest absolute Gasteiger partial charge is 0.306 e. The van der Waals surface area contributed by atoms with Crippen molar-refractivity contribution in [1.82, 2.24) is 0 Å². The van der Waals surface area contributed by atoms with Crippen LogP contribution in [-0.2, 0) is 28.6 Å². The molecule has 0 radical (unpaired) electrons. The quantitative estimate of drug-likeness (QED) is 0.0262. The zero-order valence-corrected chi connectivity index (χ0v) is 43.9. The molecule has 0 rings (SSSR count). The Hall–Kier alpha value is -3.41. The van der Waals surface area contributed by atoms with Gasteiger partial charge in [0, 0.05) is 19.3 Å². The lowest BCUT2D eigenvalue weighted by Crippen LogP contribution is -2.30. The van der Waals surface area contributed by atoms with Gasteiger partial charge in [-0.3, -0.25) is 14.4 Å². The molecule has 0 aromatic rings. The summed E-state index contributed by atoms with van der Waals surface area (Å²) in [5, 5.41) is 0. The molecule has 0 aromatic carbocycles. The van der Waals surface area contributed by atoms with E-state index in [-0.39, 0.29) is 31.1 Å². The first-order valence-corrected chi connectivity index (χ1v) is 28.1. The molecule has 6 heteroatoms. The lowest BCUT2D eigenvalue weighted by Gasteiger charge is -2.18. The standard InChI is InChI=1S/C61H104O6/c1-4-7-10-13-16-18-20-22-24-25-26-27-28-29-30-31-32-33-34-35-37-38-40-42-45-48-51-54-60(63)66-57-58(56-65-59(62)53-50-47-44-15-12-9-6-3)67-61(64)55-52-49-46-43-41-39-36-23-21-19-17-14-11-8-5-2/h7,10,16,18,22,24,26-27,29-30,32-33,35,37,58H,4-6,8-9,11-15,17,19-21,23,25,28,31,34,36,38-57H2,1-3H3/b10-7-,18-16-,24-22-,27-26-,30-29-,33-32-,37-35-. The van der Waals surface area contributed by atoms with Gasteiger partial charge in [-0.15, -0.1) is 0 Å². The van der Waals surface area contributed by atoms with Gasteiger partial charge < -0.3 is 14.2 Å². The van der Waals surface area contributed by atoms with Crippen LogP contribution >= 0.6 is 0 Å². The van der Waals surface area contributed by atoms with E-state index in [4.69, 9.17) is 14.2 Å². The van der Waals surface area contributed by atoms with Gasteiger partial charge in [-0.2, -0.15) is 0 Å². The van der Waals surface area contributed by atoms with Gasteiger partial charge in [0.2, 0.25) is 0 Å². The van der Waals surface area contributed by atoms with Gasteiger partial charge >= 0.3 is 17.9 Å². The van der Waals surface area contributed by atoms with Gasteiger partial charge in [0.25, 0.3) is 0 Å². The minimum Gasteiger partial charge on any atom is -0.462 e. The number of unbranched alkanes of at least 4 members (excludes halogenated alkanes) is 25. The molecule has 384 valence electrons. The highest BCUT2D eigenvalue weighted by Gasteiger charge is 2.19. The molecule has 0 spiro atoms. The van der Waals surface area contributed by atoms with E-state index in [1.807, 2.05) is 0 Å². The lowest BCUT2D eigenvalue weighted by atomic mass is 10.0. The van der Waals surface area contributed by atoms with E-state index in [1.54, 1.807) is 0 Å². The molecule has 1 atom stereocenters. The molecule has 0 amide bonds. The summed E-state index contributed by atoms with van der Waals surface area (Å²) in [6.45, 7) is 6.48. The fourth-order valence-corrected chi connectivity index (χ4v) is 7.72. The molecule has 0 aromatic heterocycles. The Morgan fingerprint density at radius 3 is 0.910 bits per heavy atom. The Kier molecular flexibility index (Phi) is 52.4. The van der Waals surface area contributed by atoms with Crippen molar-refractivity contribution in [3.63, 3.8) is 0 Å². The average molecular weight is 933 g/mol. The molecular weight excluding hydrogens is 829 g/mol. The number of hydrogen-bond donors (Lipinski definition) is 0. The fourth-order valence-electron chi connectivity index (χ4n) is 7.72. The van der Waals surface area contributed by atoms with Gasteiger partial charge in [0.15, 0.2) is 6.10 Å². The normalized spacial score (nSPS) is 12.7. The van der Waals surface area contributed by atoms with Crippen LogP contribution in [0.4, 0.5) is 0 Å². The summed E-state index contributed by atoms with van der Waals surface area (Å²) >= 11 is 0. The number of rotatable bonds is 50. The number of carbonyl (C=O) groups excluding carboxylic acids is 3. The van der Waals surface area contributed by atoms with E-state index in [0.717, 1.165) is 122 Å². The van der Waals surface area contributed by atoms with Gasteiger partial charge in [-0.25, -0.2) is 0 Å². The molecule has 0 saturated carbocycles. The first kappa shape index (κ1) is 63.6. The lowest BCUT2D eigenvalue weighted by molar-refractivity contribution is -0.167. The second-order valence-electron chi connectivity index (χ2n) is 18.5. The van der Waals surface area contributed by atoms with Crippen molar-refractivity contribution in [3.8, 4) is 0 Å². The molecule has 67 heavy (non-hydrogen) atoms.